The minimum Gasteiger partial charge on any atom is -0.295 e. The predicted octanol–water partition coefficient (Wildman–Crippen LogP) is 5.19. The number of fused-ring (bicyclic) bond motifs is 1. The van der Waals surface area contributed by atoms with Gasteiger partial charge in [0, 0.05) is 16.8 Å². The van der Waals surface area contributed by atoms with E-state index < -0.39 is 0 Å². The first-order chi connectivity index (χ1) is 10.1. The fraction of sp³-hybridized carbons (Fsp3) is 0.235. The summed E-state index contributed by atoms with van der Waals surface area (Å²) < 4.78 is 3.27. The fourth-order valence-corrected chi connectivity index (χ4v) is 3.39. The number of rotatable bonds is 3. The number of hydrogen-bond donors (Lipinski definition) is 0. The minimum atomic E-state index is 0.561. The SMILES string of the molecule is Cc1ccc(-n2c(CCCl)nc3ccc(C)cc32)c(Br)c1. The Balaban J connectivity index is 2.32. The number of hydrogen-bond acceptors (Lipinski definition) is 1. The third-order valence-corrected chi connectivity index (χ3v) is 4.37. The van der Waals surface area contributed by atoms with Crippen molar-refractivity contribution in [3.8, 4) is 5.69 Å². The van der Waals surface area contributed by atoms with Crippen LogP contribution in [0, 0.1) is 13.8 Å². The highest BCUT2D eigenvalue weighted by molar-refractivity contribution is 9.10. The average molecular weight is 364 g/mol. The van der Waals surface area contributed by atoms with E-state index in [4.69, 9.17) is 16.6 Å². The van der Waals surface area contributed by atoms with Crippen LogP contribution < -0.4 is 0 Å². The molecule has 3 rings (SSSR count). The molecular formula is C17H16BrClN2. The van der Waals surface area contributed by atoms with Gasteiger partial charge in [-0.3, -0.25) is 4.57 Å². The first-order valence-electron chi connectivity index (χ1n) is 6.90. The number of alkyl halides is 1. The van der Waals surface area contributed by atoms with Gasteiger partial charge in [0.15, 0.2) is 0 Å². The van der Waals surface area contributed by atoms with Crippen molar-refractivity contribution < 1.29 is 0 Å². The number of halogens is 2. The van der Waals surface area contributed by atoms with Crippen LogP contribution in [0.5, 0.6) is 0 Å². The summed E-state index contributed by atoms with van der Waals surface area (Å²) in [5.41, 5.74) is 5.69. The lowest BCUT2D eigenvalue weighted by molar-refractivity contribution is 0.909. The molecule has 0 aliphatic heterocycles. The van der Waals surface area contributed by atoms with Gasteiger partial charge < -0.3 is 0 Å². The zero-order chi connectivity index (χ0) is 15.0. The molecule has 21 heavy (non-hydrogen) atoms. The van der Waals surface area contributed by atoms with Gasteiger partial charge in [-0.1, -0.05) is 12.1 Å². The minimum absolute atomic E-state index is 0.561. The summed E-state index contributed by atoms with van der Waals surface area (Å²) in [5.74, 6) is 1.56. The molecular weight excluding hydrogens is 348 g/mol. The Hall–Kier alpha value is -1.32. The molecule has 0 atom stereocenters. The first-order valence-corrected chi connectivity index (χ1v) is 8.23. The van der Waals surface area contributed by atoms with Crippen molar-refractivity contribution in [3.05, 3.63) is 57.8 Å². The standard InChI is InChI=1S/C17H16BrClN2/c1-11-4-6-15(13(18)9-11)21-16-10-12(2)3-5-14(16)20-17(21)7-8-19/h3-6,9-10H,7-8H2,1-2H3. The molecule has 0 unspecified atom stereocenters. The van der Waals surface area contributed by atoms with Gasteiger partial charge in [-0.05, 0) is 65.2 Å². The highest BCUT2D eigenvalue weighted by Gasteiger charge is 2.14. The molecule has 108 valence electrons. The lowest BCUT2D eigenvalue weighted by Gasteiger charge is -2.11. The van der Waals surface area contributed by atoms with Crippen molar-refractivity contribution in [2.24, 2.45) is 0 Å². The lowest BCUT2D eigenvalue weighted by Crippen LogP contribution is -2.03. The van der Waals surface area contributed by atoms with E-state index in [9.17, 15) is 0 Å². The van der Waals surface area contributed by atoms with Crippen LogP contribution in [0.1, 0.15) is 17.0 Å². The Morgan fingerprint density at radius 3 is 2.52 bits per heavy atom. The Morgan fingerprint density at radius 2 is 1.81 bits per heavy atom. The van der Waals surface area contributed by atoms with Crippen LogP contribution in [0.2, 0.25) is 0 Å². The van der Waals surface area contributed by atoms with E-state index in [1.807, 2.05) is 0 Å². The third-order valence-electron chi connectivity index (χ3n) is 3.54. The summed E-state index contributed by atoms with van der Waals surface area (Å²) >= 11 is 9.63. The molecule has 0 fully saturated rings. The van der Waals surface area contributed by atoms with Gasteiger partial charge in [-0.15, -0.1) is 11.6 Å². The topological polar surface area (TPSA) is 17.8 Å². The van der Waals surface area contributed by atoms with Crippen LogP contribution in [-0.2, 0) is 6.42 Å². The van der Waals surface area contributed by atoms with Crippen molar-refractivity contribution in [1.82, 2.24) is 9.55 Å². The molecule has 0 spiro atoms. The highest BCUT2D eigenvalue weighted by Crippen LogP contribution is 2.29. The second-order valence-corrected chi connectivity index (χ2v) is 6.48. The van der Waals surface area contributed by atoms with Gasteiger partial charge in [-0.25, -0.2) is 4.98 Å². The van der Waals surface area contributed by atoms with Gasteiger partial charge >= 0.3 is 0 Å². The zero-order valence-electron chi connectivity index (χ0n) is 12.0. The molecule has 0 saturated heterocycles. The monoisotopic (exact) mass is 362 g/mol. The van der Waals surface area contributed by atoms with Crippen molar-refractivity contribution in [1.29, 1.82) is 0 Å². The molecule has 0 N–H and O–H groups in total. The van der Waals surface area contributed by atoms with Crippen molar-refractivity contribution in [2.45, 2.75) is 20.3 Å². The normalized spacial score (nSPS) is 11.2. The smallest absolute Gasteiger partial charge is 0.115 e. The summed E-state index contributed by atoms with van der Waals surface area (Å²) in [7, 11) is 0. The van der Waals surface area contributed by atoms with Gasteiger partial charge in [0.2, 0.25) is 0 Å². The van der Waals surface area contributed by atoms with Crippen molar-refractivity contribution in [2.75, 3.05) is 5.88 Å². The first kappa shape index (κ1) is 14.6. The summed E-state index contributed by atoms with van der Waals surface area (Å²) in [4.78, 5) is 4.74. The summed E-state index contributed by atoms with van der Waals surface area (Å²) in [6.07, 6.45) is 0.746. The number of imidazole rings is 1. The maximum atomic E-state index is 5.95. The Labute approximate surface area is 137 Å². The molecule has 0 amide bonds. The summed E-state index contributed by atoms with van der Waals surface area (Å²) in [5, 5.41) is 0. The molecule has 0 aliphatic carbocycles. The van der Waals surface area contributed by atoms with Crippen LogP contribution in [0.3, 0.4) is 0 Å². The van der Waals surface area contributed by atoms with Crippen LogP contribution in [-0.4, -0.2) is 15.4 Å². The largest absolute Gasteiger partial charge is 0.295 e. The molecule has 2 aromatic carbocycles. The van der Waals surface area contributed by atoms with E-state index in [1.165, 1.54) is 11.1 Å². The second kappa shape index (κ2) is 5.82. The van der Waals surface area contributed by atoms with Crippen molar-refractivity contribution >= 4 is 38.6 Å². The van der Waals surface area contributed by atoms with Gasteiger partial charge in [-0.2, -0.15) is 0 Å². The molecule has 0 radical (unpaired) electrons. The maximum absolute atomic E-state index is 5.95. The third kappa shape index (κ3) is 2.72. The number of aromatic nitrogens is 2. The van der Waals surface area contributed by atoms with Gasteiger partial charge in [0.25, 0.3) is 0 Å². The molecule has 0 saturated carbocycles. The van der Waals surface area contributed by atoms with E-state index in [0.717, 1.165) is 33.4 Å². The summed E-state index contributed by atoms with van der Waals surface area (Å²) in [6, 6.07) is 12.7. The predicted molar refractivity (Wildman–Crippen MR) is 92.7 cm³/mol. The molecule has 4 heteroatoms. The zero-order valence-corrected chi connectivity index (χ0v) is 14.4. The molecule has 0 bridgehead atoms. The van der Waals surface area contributed by atoms with E-state index >= 15 is 0 Å². The molecule has 0 aliphatic rings. The average Bonchev–Trinajstić information content (AvgIpc) is 2.77. The van der Waals surface area contributed by atoms with E-state index in [2.05, 4.69) is 70.7 Å². The van der Waals surface area contributed by atoms with E-state index in [0.29, 0.717) is 5.88 Å². The molecule has 3 aromatic rings. The number of aryl methyl sites for hydroxylation is 3. The highest BCUT2D eigenvalue weighted by atomic mass is 79.9. The van der Waals surface area contributed by atoms with Crippen LogP contribution in [0.25, 0.3) is 16.7 Å². The summed E-state index contributed by atoms with van der Waals surface area (Å²) in [6.45, 7) is 4.19. The molecule has 2 nitrogen and oxygen atoms in total. The quantitative estimate of drug-likeness (QED) is 0.586. The fourth-order valence-electron chi connectivity index (χ4n) is 2.55. The Bertz CT molecular complexity index is 808. The van der Waals surface area contributed by atoms with Gasteiger partial charge in [0.1, 0.15) is 5.82 Å². The molecule has 1 heterocycles. The Kier molecular flexibility index (Phi) is 4.05. The van der Waals surface area contributed by atoms with E-state index in [-0.39, 0.29) is 0 Å². The maximum Gasteiger partial charge on any atom is 0.115 e. The van der Waals surface area contributed by atoms with Crippen LogP contribution >= 0.6 is 27.5 Å². The van der Waals surface area contributed by atoms with Crippen LogP contribution in [0.4, 0.5) is 0 Å². The Morgan fingerprint density at radius 1 is 1.10 bits per heavy atom. The lowest BCUT2D eigenvalue weighted by atomic mass is 10.2. The van der Waals surface area contributed by atoms with Crippen LogP contribution in [0.15, 0.2) is 40.9 Å². The number of benzene rings is 2. The van der Waals surface area contributed by atoms with Crippen molar-refractivity contribution in [3.63, 3.8) is 0 Å². The molecule has 1 aromatic heterocycles. The van der Waals surface area contributed by atoms with E-state index in [1.54, 1.807) is 0 Å². The van der Waals surface area contributed by atoms with Gasteiger partial charge in [0.05, 0.1) is 16.7 Å². The second-order valence-electron chi connectivity index (χ2n) is 5.25. The number of nitrogens with zero attached hydrogens (tertiary/aromatic N) is 2.